The predicted molar refractivity (Wildman–Crippen MR) is 141 cm³/mol. The number of rotatable bonds is 7. The molecule has 212 valence electrons. The highest BCUT2D eigenvalue weighted by molar-refractivity contribution is 6.03. The molecule has 1 unspecified atom stereocenters. The van der Waals surface area contributed by atoms with Gasteiger partial charge in [0, 0.05) is 12.8 Å². The number of imide groups is 2. The Labute approximate surface area is 227 Å². The molecular weight excluding hydrogens is 506 g/mol. The Kier molecular flexibility index (Phi) is 8.91. The van der Waals surface area contributed by atoms with Crippen LogP contribution in [0.15, 0.2) is 33.5 Å². The lowest BCUT2D eigenvalue weighted by Crippen LogP contribution is -2.70. The Bertz CT molecular complexity index is 1310. The Morgan fingerprint density at radius 2 is 1.85 bits per heavy atom. The molecule has 4 atom stereocenters. The summed E-state index contributed by atoms with van der Waals surface area (Å²) in [5, 5.41) is 4.07. The summed E-state index contributed by atoms with van der Waals surface area (Å²) < 4.78 is 10.4. The van der Waals surface area contributed by atoms with Gasteiger partial charge in [0.2, 0.25) is 5.78 Å². The van der Waals surface area contributed by atoms with E-state index in [1.165, 1.54) is 0 Å². The van der Waals surface area contributed by atoms with Crippen molar-refractivity contribution in [3.8, 4) is 5.69 Å². The summed E-state index contributed by atoms with van der Waals surface area (Å²) in [7, 11) is 1.08. The summed E-state index contributed by atoms with van der Waals surface area (Å²) in [5.41, 5.74) is 7.46. The van der Waals surface area contributed by atoms with E-state index in [1.54, 1.807) is 52.8 Å². The minimum absolute atomic E-state index is 0.128. The van der Waals surface area contributed by atoms with Crippen molar-refractivity contribution in [2.24, 2.45) is 17.6 Å². The molecule has 4 amide bonds. The van der Waals surface area contributed by atoms with Gasteiger partial charge in [-0.05, 0) is 43.4 Å². The lowest BCUT2D eigenvalue weighted by atomic mass is 9.97. The molecule has 0 bridgehead atoms. The van der Waals surface area contributed by atoms with Crippen LogP contribution in [0.4, 0.5) is 9.59 Å². The number of carbonyl (C=O) groups is 4. The van der Waals surface area contributed by atoms with Gasteiger partial charge in [-0.25, -0.2) is 19.2 Å². The molecule has 12 heteroatoms. The maximum Gasteiger partial charge on any atom is 0.442 e. The number of methoxy groups -OCH3 is 1. The molecule has 12 nitrogen and oxygen atoms in total. The van der Waals surface area contributed by atoms with Gasteiger partial charge in [0.1, 0.15) is 18.1 Å². The maximum absolute atomic E-state index is 14.3. The SMILES string of the molecule is COC(=O)N(C(=O)[N+]1(C(=O)[C@@H](N)C(C)C)CCC[C@H]1C)[C@H](C(=O)c1nn(-c2cccc(C)c2)c(=O)o1)C(C)C. The second kappa shape index (κ2) is 11.6. The first-order chi connectivity index (χ1) is 18.3. The molecule has 39 heavy (non-hydrogen) atoms. The number of nitrogens with zero attached hydrogens (tertiary/aromatic N) is 4. The first-order valence-corrected chi connectivity index (χ1v) is 13.1. The van der Waals surface area contributed by atoms with Crippen LogP contribution in [0.2, 0.25) is 0 Å². The van der Waals surface area contributed by atoms with Gasteiger partial charge >= 0.3 is 23.8 Å². The molecule has 1 aliphatic rings. The molecule has 0 saturated carbocycles. The average molecular weight is 545 g/mol. The summed E-state index contributed by atoms with van der Waals surface area (Å²) in [6, 6.07) is 3.05. The van der Waals surface area contributed by atoms with Crippen LogP contribution in [0.5, 0.6) is 0 Å². The molecule has 1 aliphatic heterocycles. The lowest BCUT2D eigenvalue weighted by molar-refractivity contribution is -0.788. The Morgan fingerprint density at radius 3 is 2.36 bits per heavy atom. The van der Waals surface area contributed by atoms with Crippen molar-refractivity contribution in [3.63, 3.8) is 0 Å². The second-order valence-electron chi connectivity index (χ2n) is 10.8. The number of urea groups is 1. The van der Waals surface area contributed by atoms with E-state index in [9.17, 15) is 24.0 Å². The Morgan fingerprint density at radius 1 is 1.18 bits per heavy atom. The summed E-state index contributed by atoms with van der Waals surface area (Å²) >= 11 is 0. The number of hydrogen-bond acceptors (Lipinski definition) is 9. The van der Waals surface area contributed by atoms with Crippen molar-refractivity contribution in [2.75, 3.05) is 13.7 Å². The van der Waals surface area contributed by atoms with Gasteiger partial charge in [-0.3, -0.25) is 4.79 Å². The number of Topliss-reactive ketones (excluding diaryl/α,β-unsaturated/α-hetero) is 1. The monoisotopic (exact) mass is 544 g/mol. The van der Waals surface area contributed by atoms with E-state index >= 15 is 0 Å². The quantitative estimate of drug-likeness (QED) is 0.409. The molecule has 1 saturated heterocycles. The zero-order chi connectivity index (χ0) is 29.2. The van der Waals surface area contributed by atoms with E-state index in [0.29, 0.717) is 23.4 Å². The first-order valence-electron chi connectivity index (χ1n) is 13.1. The normalized spacial score (nSPS) is 20.6. The zero-order valence-electron chi connectivity index (χ0n) is 23.5. The Balaban J connectivity index is 2.12. The minimum atomic E-state index is -1.47. The number of carbonyl (C=O) groups excluding carboxylic acids is 4. The van der Waals surface area contributed by atoms with Crippen LogP contribution in [0, 0.1) is 18.8 Å². The molecule has 1 fully saturated rings. The summed E-state index contributed by atoms with van der Waals surface area (Å²) in [6.07, 6.45) is -0.0166. The maximum atomic E-state index is 14.3. The summed E-state index contributed by atoms with van der Waals surface area (Å²) in [5.74, 6) is -3.80. The topological polar surface area (TPSA) is 155 Å². The van der Waals surface area contributed by atoms with Crippen LogP contribution >= 0.6 is 0 Å². The lowest BCUT2D eigenvalue weighted by Gasteiger charge is -2.40. The van der Waals surface area contributed by atoms with Crippen molar-refractivity contribution in [2.45, 2.75) is 72.5 Å². The van der Waals surface area contributed by atoms with E-state index in [-0.39, 0.29) is 12.5 Å². The molecule has 2 heterocycles. The highest BCUT2D eigenvalue weighted by atomic mass is 16.5. The predicted octanol–water partition coefficient (Wildman–Crippen LogP) is 3.04. The van der Waals surface area contributed by atoms with Crippen LogP contribution < -0.4 is 11.5 Å². The van der Waals surface area contributed by atoms with Crippen LogP contribution in [0.3, 0.4) is 0 Å². The number of nitrogens with two attached hydrogens (primary N) is 1. The van der Waals surface area contributed by atoms with Crippen molar-refractivity contribution < 1.29 is 32.8 Å². The molecule has 3 rings (SSSR count). The highest BCUT2D eigenvalue weighted by Gasteiger charge is 2.59. The third kappa shape index (κ3) is 5.44. The highest BCUT2D eigenvalue weighted by Crippen LogP contribution is 2.33. The molecule has 0 spiro atoms. The number of hydrogen-bond donors (Lipinski definition) is 1. The van der Waals surface area contributed by atoms with Gasteiger partial charge in [-0.1, -0.05) is 39.8 Å². The van der Waals surface area contributed by atoms with Crippen molar-refractivity contribution in [1.82, 2.24) is 14.7 Å². The van der Waals surface area contributed by atoms with Crippen LogP contribution in [-0.2, 0) is 9.53 Å². The third-order valence-electron chi connectivity index (χ3n) is 7.38. The fourth-order valence-electron chi connectivity index (χ4n) is 5.08. The molecule has 1 aromatic heterocycles. The first kappa shape index (κ1) is 29.9. The van der Waals surface area contributed by atoms with Crippen molar-refractivity contribution in [3.05, 3.63) is 46.3 Å². The molecular formula is C27H38N5O7+. The van der Waals surface area contributed by atoms with Crippen LogP contribution in [-0.4, -0.2) is 74.8 Å². The molecule has 2 aromatic rings. The summed E-state index contributed by atoms with van der Waals surface area (Å²) in [6.45, 7) is 10.5. The van der Waals surface area contributed by atoms with E-state index in [0.717, 1.165) is 17.4 Å². The standard InChI is InChI=1S/C27H38N5O7/c1-15(2)20(28)24(34)32(13-9-11-18(32)6)25(35)30(26(36)38-7)21(16(3)4)22(33)23-29-31(27(37)39-23)19-12-8-10-17(5)14-19/h8,10,12,14-16,18,20-21H,9,11,13,28H2,1-7H3/q+1/t18-,20+,21+,32?/m1/s1. The van der Waals surface area contributed by atoms with E-state index < -0.39 is 64.0 Å². The molecule has 2 N–H and O–H groups in total. The minimum Gasteiger partial charge on any atom is -0.452 e. The van der Waals surface area contributed by atoms with Gasteiger partial charge in [0.15, 0.2) is 0 Å². The van der Waals surface area contributed by atoms with E-state index in [4.69, 9.17) is 14.9 Å². The smallest absolute Gasteiger partial charge is 0.442 e. The van der Waals surface area contributed by atoms with Crippen LogP contribution in [0.25, 0.3) is 5.69 Å². The van der Waals surface area contributed by atoms with Gasteiger partial charge in [0.05, 0.1) is 19.3 Å². The van der Waals surface area contributed by atoms with Crippen molar-refractivity contribution >= 4 is 23.8 Å². The number of ether oxygens (including phenoxy) is 1. The van der Waals surface area contributed by atoms with Gasteiger partial charge < -0.3 is 14.9 Å². The van der Waals surface area contributed by atoms with Crippen molar-refractivity contribution in [1.29, 1.82) is 0 Å². The number of amides is 4. The molecule has 0 radical (unpaired) electrons. The number of quaternary nitrogens is 1. The number of ketones is 1. The zero-order valence-corrected chi connectivity index (χ0v) is 23.5. The third-order valence-corrected chi connectivity index (χ3v) is 7.38. The largest absolute Gasteiger partial charge is 0.452 e. The fourth-order valence-corrected chi connectivity index (χ4v) is 5.08. The van der Waals surface area contributed by atoms with Gasteiger partial charge in [0.25, 0.3) is 5.89 Å². The summed E-state index contributed by atoms with van der Waals surface area (Å²) in [4.78, 5) is 68.3. The number of benzene rings is 1. The molecule has 0 aliphatic carbocycles. The van der Waals surface area contributed by atoms with E-state index in [2.05, 4.69) is 5.10 Å². The second-order valence-corrected chi connectivity index (χ2v) is 10.8. The number of likely N-dealkylation sites (tertiary alicyclic amines) is 1. The fraction of sp³-hybridized carbons (Fsp3) is 0.556. The number of aryl methyl sites for hydroxylation is 1. The Hall–Kier alpha value is -3.64. The van der Waals surface area contributed by atoms with Gasteiger partial charge in [-0.2, -0.15) is 14.1 Å². The molecule has 1 aromatic carbocycles. The van der Waals surface area contributed by atoms with E-state index in [1.807, 2.05) is 13.0 Å². The average Bonchev–Trinajstić information content (AvgIpc) is 3.47. The van der Waals surface area contributed by atoms with Crippen LogP contribution in [0.1, 0.15) is 63.7 Å². The number of aromatic nitrogens is 2. The van der Waals surface area contributed by atoms with Gasteiger partial charge in [-0.15, -0.1) is 5.10 Å².